The largest absolute Gasteiger partial charge is 0.755 e. The normalized spacial score (nSPS) is 12.5. The van der Waals surface area contributed by atoms with Gasteiger partial charge in [0, 0.05) is 6.42 Å². The van der Waals surface area contributed by atoms with E-state index in [0.29, 0.717) is 6.42 Å². The molecule has 3 rings (SSSR count). The van der Waals surface area contributed by atoms with Crippen LogP contribution in [0.4, 0.5) is 10.1 Å². The van der Waals surface area contributed by atoms with Gasteiger partial charge in [0.25, 0.3) is 0 Å². The number of sulfone groups is 1. The molecule has 0 saturated heterocycles. The van der Waals surface area contributed by atoms with Crippen LogP contribution >= 0.6 is 22.7 Å². The summed E-state index contributed by atoms with van der Waals surface area (Å²) in [6.45, 7) is 1.83. The minimum Gasteiger partial charge on any atom is -0.755 e. The number of ether oxygens (including phenoxy) is 1. The predicted molar refractivity (Wildman–Crippen MR) is 110 cm³/mol. The number of hydrogen-bond donors (Lipinski definition) is 0. The molecule has 12 heteroatoms. The van der Waals surface area contributed by atoms with Crippen molar-refractivity contribution in [2.75, 3.05) is 4.31 Å². The average Bonchev–Trinajstić information content (AvgIpc) is 3.33. The zero-order valence-electron chi connectivity index (χ0n) is 15.0. The molecular weight excluding hydrogens is 456 g/mol. The molecule has 29 heavy (non-hydrogen) atoms. The number of esters is 1. The third kappa shape index (κ3) is 4.90. The van der Waals surface area contributed by atoms with E-state index >= 15 is 0 Å². The number of carbonyl (C=O) groups is 1. The monoisotopic (exact) mass is 471 g/mol. The van der Waals surface area contributed by atoms with Gasteiger partial charge in [-0.2, -0.15) is 0 Å². The summed E-state index contributed by atoms with van der Waals surface area (Å²) >= 11 is -1.09. The third-order valence-corrected chi connectivity index (χ3v) is 8.64. The van der Waals surface area contributed by atoms with Crippen molar-refractivity contribution in [3.05, 3.63) is 48.7 Å². The van der Waals surface area contributed by atoms with E-state index in [4.69, 9.17) is 4.74 Å². The fraction of sp³-hybridized carbons (Fsp3) is 0.176. The summed E-state index contributed by atoms with van der Waals surface area (Å²) in [6, 6.07) is 10.6. The van der Waals surface area contributed by atoms with Crippen molar-refractivity contribution >= 4 is 59.9 Å². The van der Waals surface area contributed by atoms with Crippen LogP contribution in [-0.2, 0) is 25.9 Å². The summed E-state index contributed by atoms with van der Waals surface area (Å²) < 4.78 is 55.0. The summed E-state index contributed by atoms with van der Waals surface area (Å²) in [5.74, 6) is -0.440. The van der Waals surface area contributed by atoms with E-state index in [2.05, 4.69) is 4.98 Å². The van der Waals surface area contributed by atoms with Gasteiger partial charge in [0.1, 0.15) is 9.21 Å². The number of nitrogens with zero attached hydrogens (tertiary/aromatic N) is 2. The van der Waals surface area contributed by atoms with Gasteiger partial charge in [0.05, 0.1) is 22.4 Å². The predicted octanol–water partition coefficient (Wildman–Crippen LogP) is 3.68. The van der Waals surface area contributed by atoms with Gasteiger partial charge in [-0.1, -0.05) is 36.5 Å². The minimum absolute atomic E-state index is 0.000281. The van der Waals surface area contributed by atoms with Crippen molar-refractivity contribution in [1.82, 2.24) is 4.98 Å². The number of rotatable bonds is 8. The smallest absolute Gasteiger partial charge is 0.312 e. The Hall–Kier alpha value is -2.12. The Morgan fingerprint density at radius 1 is 1.21 bits per heavy atom. The van der Waals surface area contributed by atoms with Gasteiger partial charge in [-0.25, -0.2) is 17.7 Å². The molecule has 0 aliphatic heterocycles. The van der Waals surface area contributed by atoms with E-state index < -0.39 is 27.1 Å². The number of carbonyl (C=O) groups excluding carboxylic acids is 1. The Bertz CT molecular complexity index is 1120. The SMILES string of the molecule is CCCC(=O)Oc1cnc(N(c2ccc(S(=O)(=O)c3ccccc3)s2)S(=O)[O-])s1. The molecule has 1 aromatic carbocycles. The maximum absolute atomic E-state index is 12.7. The topological polar surface area (TPSA) is 117 Å². The van der Waals surface area contributed by atoms with Crippen molar-refractivity contribution in [1.29, 1.82) is 0 Å². The maximum Gasteiger partial charge on any atom is 0.312 e. The fourth-order valence-electron chi connectivity index (χ4n) is 2.27. The summed E-state index contributed by atoms with van der Waals surface area (Å²) in [5.41, 5.74) is 0. The number of thiazole rings is 1. The van der Waals surface area contributed by atoms with E-state index in [1.165, 1.54) is 30.5 Å². The second kappa shape index (κ2) is 9.13. The first kappa shape index (κ1) is 21.6. The molecule has 0 bridgehead atoms. The summed E-state index contributed by atoms with van der Waals surface area (Å²) in [4.78, 5) is 15.7. The zero-order valence-corrected chi connectivity index (χ0v) is 18.3. The molecule has 1 unspecified atom stereocenters. The van der Waals surface area contributed by atoms with E-state index in [1.807, 2.05) is 6.92 Å². The van der Waals surface area contributed by atoms with Crippen molar-refractivity contribution in [3.8, 4) is 5.06 Å². The molecule has 154 valence electrons. The van der Waals surface area contributed by atoms with Crippen LogP contribution in [0, 0.1) is 0 Å². The van der Waals surface area contributed by atoms with Crippen molar-refractivity contribution < 1.29 is 26.7 Å². The molecule has 0 aliphatic carbocycles. The van der Waals surface area contributed by atoms with Crippen molar-refractivity contribution in [3.63, 3.8) is 0 Å². The van der Waals surface area contributed by atoms with Crippen LogP contribution in [0.5, 0.6) is 5.06 Å². The highest BCUT2D eigenvalue weighted by molar-refractivity contribution is 7.93. The van der Waals surface area contributed by atoms with Crippen molar-refractivity contribution in [2.45, 2.75) is 28.9 Å². The minimum atomic E-state index is -3.77. The fourth-order valence-corrected chi connectivity index (χ4v) is 6.63. The van der Waals surface area contributed by atoms with Crippen LogP contribution in [0.2, 0.25) is 0 Å². The molecule has 8 nitrogen and oxygen atoms in total. The maximum atomic E-state index is 12.7. The van der Waals surface area contributed by atoms with E-state index in [9.17, 15) is 22.0 Å². The molecule has 0 radical (unpaired) electrons. The third-order valence-electron chi connectivity index (χ3n) is 3.55. The second-order valence-corrected chi connectivity index (χ2v) is 10.6. The van der Waals surface area contributed by atoms with Crippen LogP contribution < -0.4 is 9.04 Å². The molecular formula is C17H15N2O6S4-. The highest BCUT2D eigenvalue weighted by Gasteiger charge is 2.24. The Morgan fingerprint density at radius 2 is 1.93 bits per heavy atom. The summed E-state index contributed by atoms with van der Waals surface area (Å²) in [6.07, 6.45) is 2.10. The summed E-state index contributed by atoms with van der Waals surface area (Å²) in [5, 5.41) is 0.333. The molecule has 2 aromatic heterocycles. The highest BCUT2D eigenvalue weighted by atomic mass is 32.2. The van der Waals surface area contributed by atoms with Gasteiger partial charge in [-0.15, -0.1) is 11.3 Å². The van der Waals surface area contributed by atoms with Gasteiger partial charge < -0.3 is 9.29 Å². The van der Waals surface area contributed by atoms with Crippen LogP contribution in [0.15, 0.2) is 57.8 Å². The lowest BCUT2D eigenvalue weighted by molar-refractivity contribution is -0.134. The Morgan fingerprint density at radius 3 is 2.59 bits per heavy atom. The zero-order chi connectivity index (χ0) is 21.0. The van der Waals surface area contributed by atoms with Gasteiger partial charge in [0.15, 0.2) is 0 Å². The Kier molecular flexibility index (Phi) is 6.80. The summed E-state index contributed by atoms with van der Waals surface area (Å²) in [7, 11) is -3.77. The molecule has 0 spiro atoms. The van der Waals surface area contributed by atoms with Crippen LogP contribution in [0.25, 0.3) is 0 Å². The van der Waals surface area contributed by atoms with Gasteiger partial charge in [-0.05, 0) is 30.7 Å². The number of thiophene rings is 1. The van der Waals surface area contributed by atoms with Gasteiger partial charge >= 0.3 is 5.97 Å². The average molecular weight is 472 g/mol. The molecule has 1 atom stereocenters. The van der Waals surface area contributed by atoms with Gasteiger partial charge in [0.2, 0.25) is 20.0 Å². The van der Waals surface area contributed by atoms with Crippen molar-refractivity contribution in [2.24, 2.45) is 0 Å². The molecule has 0 N–H and O–H groups in total. The number of aromatic nitrogens is 1. The lowest BCUT2D eigenvalue weighted by atomic mass is 10.3. The highest BCUT2D eigenvalue weighted by Crippen LogP contribution is 2.40. The first-order valence-corrected chi connectivity index (χ1v) is 12.4. The Labute approximate surface area is 178 Å². The van der Waals surface area contributed by atoms with Gasteiger partial charge in [-0.3, -0.25) is 9.00 Å². The Balaban J connectivity index is 1.89. The molecule has 0 amide bonds. The van der Waals surface area contributed by atoms with Crippen LogP contribution in [0.1, 0.15) is 19.8 Å². The number of benzene rings is 1. The van der Waals surface area contributed by atoms with E-state index in [-0.39, 0.29) is 30.7 Å². The molecule has 0 aliphatic rings. The van der Waals surface area contributed by atoms with Crippen LogP contribution in [0.3, 0.4) is 0 Å². The molecule has 0 saturated carbocycles. The number of hydrogen-bond acceptors (Lipinski definition) is 9. The first-order chi connectivity index (χ1) is 13.8. The molecule has 0 fully saturated rings. The molecule has 3 aromatic rings. The molecule has 2 heterocycles. The van der Waals surface area contributed by atoms with E-state index in [0.717, 1.165) is 27.0 Å². The standard InChI is InChI=1S/C17H16N2O6S4/c1-2-6-14(20)25-15-11-18-17(27-15)19(28(21)22)13-9-10-16(26-13)29(23,24)12-7-4-3-5-8-12/h3-5,7-11H,2,6H2,1H3,(H,21,22)/p-1. The lowest BCUT2D eigenvalue weighted by Crippen LogP contribution is -2.17. The lowest BCUT2D eigenvalue weighted by Gasteiger charge is -2.21. The first-order valence-electron chi connectivity index (χ1n) is 8.29. The quantitative estimate of drug-likeness (QED) is 0.363. The van der Waals surface area contributed by atoms with E-state index in [1.54, 1.807) is 18.2 Å². The second-order valence-electron chi connectivity index (χ2n) is 5.61. The van der Waals surface area contributed by atoms with Crippen LogP contribution in [-0.4, -0.2) is 28.1 Å². The number of anilines is 2.